The maximum atomic E-state index is 5.32. The topological polar surface area (TPSA) is 63.5 Å². The van der Waals surface area contributed by atoms with Crippen molar-refractivity contribution < 1.29 is 4.74 Å². The van der Waals surface area contributed by atoms with E-state index in [1.807, 2.05) is 25.8 Å². The van der Waals surface area contributed by atoms with Gasteiger partial charge < -0.3 is 19.9 Å². The first-order valence-corrected chi connectivity index (χ1v) is 11.8. The van der Waals surface area contributed by atoms with Crippen molar-refractivity contribution in [2.24, 2.45) is 10.4 Å². The highest BCUT2D eigenvalue weighted by Crippen LogP contribution is 2.43. The van der Waals surface area contributed by atoms with E-state index in [9.17, 15) is 0 Å². The zero-order valence-electron chi connectivity index (χ0n) is 20.2. The fourth-order valence-corrected chi connectivity index (χ4v) is 4.52. The van der Waals surface area contributed by atoms with E-state index in [2.05, 4.69) is 73.7 Å². The van der Waals surface area contributed by atoms with Crippen LogP contribution in [0.3, 0.4) is 0 Å². The molecule has 0 aliphatic heterocycles. The first-order valence-electron chi connectivity index (χ1n) is 11.8. The van der Waals surface area contributed by atoms with Crippen LogP contribution in [0, 0.1) is 5.41 Å². The van der Waals surface area contributed by atoms with E-state index < -0.39 is 0 Å². The summed E-state index contributed by atoms with van der Waals surface area (Å²) in [6.07, 6.45) is 10.6. The summed E-state index contributed by atoms with van der Waals surface area (Å²) in [5.74, 6) is 0.851. The number of hydrogen-bond donors (Lipinski definition) is 2. The molecule has 1 fully saturated rings. The number of methoxy groups -OCH3 is 1. The van der Waals surface area contributed by atoms with Gasteiger partial charge >= 0.3 is 0 Å². The highest BCUT2D eigenvalue weighted by atomic mass is 127. The second-order valence-corrected chi connectivity index (χ2v) is 8.96. The molecule has 0 atom stereocenters. The quantitative estimate of drug-likeness (QED) is 0.202. The Kier molecular flexibility index (Phi) is 9.95. The number of aliphatic imine (C=N–C) groups is 1. The number of guanidine groups is 1. The minimum atomic E-state index is 0. The molecular weight excluding hydrogens is 537 g/mol. The molecule has 1 aliphatic rings. The van der Waals surface area contributed by atoms with E-state index >= 15 is 0 Å². The lowest BCUT2D eigenvalue weighted by Crippen LogP contribution is -2.46. The Labute approximate surface area is 220 Å². The summed E-state index contributed by atoms with van der Waals surface area (Å²) in [7, 11) is 3.62. The number of nitrogens with zero attached hydrogens (tertiary/aromatic N) is 3. The Hall–Kier alpha value is -2.39. The van der Waals surface area contributed by atoms with E-state index in [0.717, 1.165) is 38.6 Å². The highest BCUT2D eigenvalue weighted by Gasteiger charge is 2.36. The summed E-state index contributed by atoms with van der Waals surface area (Å²) >= 11 is 0. The molecule has 1 saturated carbocycles. The zero-order chi connectivity index (χ0) is 22.9. The van der Waals surface area contributed by atoms with Gasteiger partial charge in [-0.05, 0) is 46.9 Å². The SMILES string of the molecule is CN=C(NCc1ccccc1-c1ccc(Cn2ccnc2)cc1)NCC1(CCOC)CCC1.I. The molecule has 0 saturated heterocycles. The van der Waals surface area contributed by atoms with E-state index in [1.54, 1.807) is 7.11 Å². The van der Waals surface area contributed by atoms with Crippen molar-refractivity contribution in [1.29, 1.82) is 0 Å². The van der Waals surface area contributed by atoms with Gasteiger partial charge in [-0.25, -0.2) is 4.98 Å². The van der Waals surface area contributed by atoms with Crippen LogP contribution in [-0.2, 0) is 17.8 Å². The molecule has 0 unspecified atom stereocenters. The van der Waals surface area contributed by atoms with Gasteiger partial charge in [-0.2, -0.15) is 0 Å². The van der Waals surface area contributed by atoms with Crippen LogP contribution in [0.25, 0.3) is 11.1 Å². The predicted molar refractivity (Wildman–Crippen MR) is 150 cm³/mol. The average Bonchev–Trinajstić information content (AvgIpc) is 3.34. The fraction of sp³-hybridized carbons (Fsp3) is 0.407. The normalized spacial score (nSPS) is 14.7. The van der Waals surface area contributed by atoms with Gasteiger partial charge in [-0.1, -0.05) is 55.0 Å². The Morgan fingerprint density at radius 3 is 2.56 bits per heavy atom. The number of imidazole rings is 1. The summed E-state index contributed by atoms with van der Waals surface area (Å²) in [6.45, 7) is 3.31. The molecule has 6 nitrogen and oxygen atoms in total. The number of nitrogens with one attached hydrogen (secondary N) is 2. The molecule has 1 aliphatic carbocycles. The van der Waals surface area contributed by atoms with Crippen molar-refractivity contribution in [2.75, 3.05) is 27.3 Å². The van der Waals surface area contributed by atoms with E-state index in [0.29, 0.717) is 5.41 Å². The first-order chi connectivity index (χ1) is 16.2. The number of rotatable bonds is 10. The van der Waals surface area contributed by atoms with Gasteiger partial charge in [0.15, 0.2) is 5.96 Å². The lowest BCUT2D eigenvalue weighted by Gasteiger charge is -2.42. The fourth-order valence-electron chi connectivity index (χ4n) is 4.52. The summed E-state index contributed by atoms with van der Waals surface area (Å²) in [4.78, 5) is 8.57. The molecule has 3 aromatic rings. The van der Waals surface area contributed by atoms with E-state index in [4.69, 9.17) is 4.74 Å². The maximum Gasteiger partial charge on any atom is 0.191 e. The Morgan fingerprint density at radius 2 is 1.91 bits per heavy atom. The molecule has 1 heterocycles. The minimum Gasteiger partial charge on any atom is -0.385 e. The summed E-state index contributed by atoms with van der Waals surface area (Å²) in [6, 6.07) is 17.4. The van der Waals surface area contributed by atoms with Crippen LogP contribution in [0.5, 0.6) is 0 Å². The molecule has 0 radical (unpaired) electrons. The van der Waals surface area contributed by atoms with Crippen LogP contribution in [0.2, 0.25) is 0 Å². The second kappa shape index (κ2) is 12.9. The van der Waals surface area contributed by atoms with Crippen LogP contribution in [0.1, 0.15) is 36.8 Å². The standard InChI is InChI=1S/C27H35N5O.HI/c1-28-26(31-20-27(12-5-13-27)14-17-33-2)30-18-24-6-3-4-7-25(24)23-10-8-22(9-11-23)19-32-16-15-29-21-32;/h3-4,6-11,15-16,21H,5,12-14,17-20H2,1-2H3,(H2,28,30,31);1H. The van der Waals surface area contributed by atoms with Crippen molar-refractivity contribution in [3.05, 3.63) is 78.4 Å². The third kappa shape index (κ3) is 6.82. The van der Waals surface area contributed by atoms with Gasteiger partial charge in [0.25, 0.3) is 0 Å². The minimum absolute atomic E-state index is 0. The molecular formula is C27H36IN5O. The Bertz CT molecular complexity index is 1030. The predicted octanol–water partition coefficient (Wildman–Crippen LogP) is 5.09. The molecule has 0 amide bonds. The van der Waals surface area contributed by atoms with Crippen molar-refractivity contribution in [3.63, 3.8) is 0 Å². The van der Waals surface area contributed by atoms with Crippen LogP contribution in [-0.4, -0.2) is 42.8 Å². The molecule has 182 valence electrons. The lowest BCUT2D eigenvalue weighted by molar-refractivity contribution is 0.0732. The molecule has 1 aromatic heterocycles. The number of aromatic nitrogens is 2. The number of halogens is 1. The third-order valence-corrected chi connectivity index (χ3v) is 6.76. The second-order valence-electron chi connectivity index (χ2n) is 8.96. The Morgan fingerprint density at radius 1 is 1.12 bits per heavy atom. The van der Waals surface area contributed by atoms with Gasteiger partial charge in [0, 0.05) is 52.8 Å². The van der Waals surface area contributed by atoms with Crippen molar-refractivity contribution >= 4 is 29.9 Å². The summed E-state index contributed by atoms with van der Waals surface area (Å²) in [5.41, 5.74) is 5.32. The van der Waals surface area contributed by atoms with Crippen LogP contribution in [0.4, 0.5) is 0 Å². The molecule has 7 heteroatoms. The number of benzene rings is 2. The monoisotopic (exact) mass is 573 g/mol. The highest BCUT2D eigenvalue weighted by molar-refractivity contribution is 14.0. The third-order valence-electron chi connectivity index (χ3n) is 6.76. The van der Waals surface area contributed by atoms with Crippen molar-refractivity contribution in [3.8, 4) is 11.1 Å². The van der Waals surface area contributed by atoms with Crippen LogP contribution < -0.4 is 10.6 Å². The molecule has 34 heavy (non-hydrogen) atoms. The molecule has 2 N–H and O–H groups in total. The summed E-state index contributed by atoms with van der Waals surface area (Å²) < 4.78 is 7.40. The Balaban J connectivity index is 0.00000324. The van der Waals surface area contributed by atoms with Gasteiger partial charge in [0.05, 0.1) is 6.33 Å². The molecule has 2 aromatic carbocycles. The van der Waals surface area contributed by atoms with Gasteiger partial charge in [-0.15, -0.1) is 24.0 Å². The van der Waals surface area contributed by atoms with Gasteiger partial charge in [0.1, 0.15) is 0 Å². The smallest absolute Gasteiger partial charge is 0.191 e. The van der Waals surface area contributed by atoms with Gasteiger partial charge in [-0.3, -0.25) is 4.99 Å². The van der Waals surface area contributed by atoms with E-state index in [1.165, 1.54) is 41.5 Å². The zero-order valence-corrected chi connectivity index (χ0v) is 22.5. The average molecular weight is 574 g/mol. The molecule has 0 spiro atoms. The number of ether oxygens (including phenoxy) is 1. The van der Waals surface area contributed by atoms with E-state index in [-0.39, 0.29) is 24.0 Å². The van der Waals surface area contributed by atoms with Crippen LogP contribution in [0.15, 0.2) is 72.2 Å². The lowest BCUT2D eigenvalue weighted by atomic mass is 9.67. The number of hydrogen-bond acceptors (Lipinski definition) is 3. The largest absolute Gasteiger partial charge is 0.385 e. The van der Waals surface area contributed by atoms with Gasteiger partial charge in [0.2, 0.25) is 0 Å². The van der Waals surface area contributed by atoms with Crippen LogP contribution >= 0.6 is 24.0 Å². The molecule has 4 rings (SSSR count). The first kappa shape index (κ1) is 26.2. The summed E-state index contributed by atoms with van der Waals surface area (Å²) in [5, 5.41) is 7.07. The van der Waals surface area contributed by atoms with Crippen molar-refractivity contribution in [2.45, 2.75) is 38.8 Å². The molecule has 0 bridgehead atoms. The van der Waals surface area contributed by atoms with Crippen molar-refractivity contribution in [1.82, 2.24) is 20.2 Å². The maximum absolute atomic E-state index is 5.32.